The van der Waals surface area contributed by atoms with E-state index in [1.54, 1.807) is 13.8 Å². The number of Topliss-reactive ketones (excluding diaryl/α,β-unsaturated/α-hetero) is 1. The number of carbonyl (C=O) groups is 1. The number of sulfone groups is 1. The lowest BCUT2D eigenvalue weighted by Crippen LogP contribution is -2.33. The van der Waals surface area contributed by atoms with Crippen LogP contribution < -0.4 is 0 Å². The van der Waals surface area contributed by atoms with Crippen LogP contribution in [0.15, 0.2) is 0 Å². The Morgan fingerprint density at radius 1 is 1.31 bits per heavy atom. The molecule has 0 aromatic heterocycles. The normalized spacial score (nSPS) is 27.0. The second kappa shape index (κ2) is 5.30. The molecule has 2 atom stereocenters. The Morgan fingerprint density at radius 2 is 1.94 bits per heavy atom. The molecule has 1 aliphatic carbocycles. The zero-order chi connectivity index (χ0) is 12.3. The zero-order valence-electron chi connectivity index (χ0n) is 10.4. The van der Waals surface area contributed by atoms with Crippen LogP contribution in [0.2, 0.25) is 0 Å². The van der Waals surface area contributed by atoms with Crippen LogP contribution in [0.1, 0.15) is 46.5 Å². The van der Waals surface area contributed by atoms with Crippen molar-refractivity contribution >= 4 is 15.6 Å². The Labute approximate surface area is 98.5 Å². The van der Waals surface area contributed by atoms with Gasteiger partial charge >= 0.3 is 0 Å². The van der Waals surface area contributed by atoms with Gasteiger partial charge in [-0.25, -0.2) is 8.42 Å². The van der Waals surface area contributed by atoms with Gasteiger partial charge in [-0.2, -0.15) is 0 Å². The SMILES string of the molecule is CC1CCCC(S(=O)(=O)CC(=O)C(C)C)C1. The van der Waals surface area contributed by atoms with Crippen LogP contribution in [0.5, 0.6) is 0 Å². The third kappa shape index (κ3) is 3.58. The smallest absolute Gasteiger partial charge is 0.160 e. The molecule has 16 heavy (non-hydrogen) atoms. The van der Waals surface area contributed by atoms with Crippen LogP contribution in [0, 0.1) is 11.8 Å². The van der Waals surface area contributed by atoms with E-state index in [-0.39, 0.29) is 22.7 Å². The molecule has 1 fully saturated rings. The molecule has 3 nitrogen and oxygen atoms in total. The van der Waals surface area contributed by atoms with E-state index in [2.05, 4.69) is 6.92 Å². The topological polar surface area (TPSA) is 51.2 Å². The lowest BCUT2D eigenvalue weighted by molar-refractivity contribution is -0.119. The molecule has 0 amide bonds. The third-order valence-electron chi connectivity index (χ3n) is 3.38. The maximum absolute atomic E-state index is 12.0. The van der Waals surface area contributed by atoms with Crippen molar-refractivity contribution in [3.05, 3.63) is 0 Å². The molecule has 0 spiro atoms. The number of carbonyl (C=O) groups excluding carboxylic acids is 1. The molecule has 0 aromatic rings. The molecule has 1 rings (SSSR count). The minimum Gasteiger partial charge on any atom is -0.298 e. The molecule has 0 aromatic carbocycles. The lowest BCUT2D eigenvalue weighted by atomic mass is 9.91. The van der Waals surface area contributed by atoms with Gasteiger partial charge in [0.25, 0.3) is 0 Å². The Morgan fingerprint density at radius 3 is 2.44 bits per heavy atom. The van der Waals surface area contributed by atoms with Crippen molar-refractivity contribution in [2.45, 2.75) is 51.7 Å². The largest absolute Gasteiger partial charge is 0.298 e. The number of hydrogen-bond donors (Lipinski definition) is 0. The molecule has 0 bridgehead atoms. The molecule has 0 N–H and O–H groups in total. The minimum atomic E-state index is -3.21. The van der Waals surface area contributed by atoms with E-state index in [9.17, 15) is 13.2 Å². The second-order valence-electron chi connectivity index (χ2n) is 5.32. The van der Waals surface area contributed by atoms with E-state index in [1.165, 1.54) is 0 Å². The van der Waals surface area contributed by atoms with Gasteiger partial charge in [0.05, 0.1) is 5.25 Å². The highest BCUT2D eigenvalue weighted by Gasteiger charge is 2.32. The Kier molecular flexibility index (Phi) is 4.53. The van der Waals surface area contributed by atoms with E-state index in [1.807, 2.05) is 0 Å². The molecule has 0 aliphatic heterocycles. The quantitative estimate of drug-likeness (QED) is 0.764. The summed E-state index contributed by atoms with van der Waals surface area (Å²) >= 11 is 0. The molecule has 0 radical (unpaired) electrons. The number of ketones is 1. The number of hydrogen-bond acceptors (Lipinski definition) is 3. The Hall–Kier alpha value is -0.380. The molecule has 94 valence electrons. The summed E-state index contributed by atoms with van der Waals surface area (Å²) in [6.07, 6.45) is 3.55. The average Bonchev–Trinajstić information content (AvgIpc) is 2.17. The molecule has 1 aliphatic rings. The van der Waals surface area contributed by atoms with Crippen molar-refractivity contribution in [1.82, 2.24) is 0 Å². The van der Waals surface area contributed by atoms with E-state index in [0.29, 0.717) is 5.92 Å². The van der Waals surface area contributed by atoms with Crippen LogP contribution in [0.3, 0.4) is 0 Å². The Bertz CT molecular complexity index is 343. The predicted molar refractivity (Wildman–Crippen MR) is 65.1 cm³/mol. The van der Waals surface area contributed by atoms with E-state index in [0.717, 1.165) is 25.7 Å². The van der Waals surface area contributed by atoms with Gasteiger partial charge in [-0.05, 0) is 18.8 Å². The van der Waals surface area contributed by atoms with Crippen molar-refractivity contribution in [2.24, 2.45) is 11.8 Å². The van der Waals surface area contributed by atoms with Gasteiger partial charge in [0, 0.05) is 5.92 Å². The summed E-state index contributed by atoms with van der Waals surface area (Å²) in [5.74, 6) is -0.126. The summed E-state index contributed by atoms with van der Waals surface area (Å²) in [5, 5.41) is -0.279. The van der Waals surface area contributed by atoms with Gasteiger partial charge in [0.15, 0.2) is 9.84 Å². The molecular formula is C12H22O3S. The van der Waals surface area contributed by atoms with Crippen LogP contribution in [-0.2, 0) is 14.6 Å². The summed E-state index contributed by atoms with van der Waals surface area (Å²) in [5.41, 5.74) is 0. The van der Waals surface area contributed by atoms with Gasteiger partial charge in [0.1, 0.15) is 11.5 Å². The molecular weight excluding hydrogens is 224 g/mol. The second-order valence-corrected chi connectivity index (χ2v) is 7.60. The summed E-state index contributed by atoms with van der Waals surface area (Å²) < 4.78 is 24.1. The highest BCUT2D eigenvalue weighted by molar-refractivity contribution is 7.92. The summed E-state index contributed by atoms with van der Waals surface area (Å²) in [7, 11) is -3.21. The predicted octanol–water partition coefficient (Wildman–Crippen LogP) is 2.21. The molecule has 1 saturated carbocycles. The maximum atomic E-state index is 12.0. The van der Waals surface area contributed by atoms with Gasteiger partial charge in [0.2, 0.25) is 0 Å². The zero-order valence-corrected chi connectivity index (χ0v) is 11.2. The first-order chi connectivity index (χ1) is 7.33. The first kappa shape index (κ1) is 13.7. The van der Waals surface area contributed by atoms with Crippen molar-refractivity contribution in [3.63, 3.8) is 0 Å². The monoisotopic (exact) mass is 246 g/mol. The summed E-state index contributed by atoms with van der Waals surface area (Å²) in [6, 6.07) is 0. The molecule has 0 saturated heterocycles. The van der Waals surface area contributed by atoms with Gasteiger partial charge in [-0.1, -0.05) is 33.6 Å². The highest BCUT2D eigenvalue weighted by Crippen LogP contribution is 2.28. The van der Waals surface area contributed by atoms with Crippen molar-refractivity contribution in [3.8, 4) is 0 Å². The third-order valence-corrected chi connectivity index (χ3v) is 5.51. The fourth-order valence-electron chi connectivity index (χ4n) is 2.19. The Balaban J connectivity index is 2.66. The van der Waals surface area contributed by atoms with Crippen molar-refractivity contribution in [1.29, 1.82) is 0 Å². The van der Waals surface area contributed by atoms with Crippen LogP contribution in [0.4, 0.5) is 0 Å². The highest BCUT2D eigenvalue weighted by atomic mass is 32.2. The summed E-state index contributed by atoms with van der Waals surface area (Å²) in [6.45, 7) is 5.59. The standard InChI is InChI=1S/C12H22O3S/c1-9(2)12(13)8-16(14,15)11-6-4-5-10(3)7-11/h9-11H,4-8H2,1-3H3. The van der Waals surface area contributed by atoms with Gasteiger partial charge < -0.3 is 0 Å². The van der Waals surface area contributed by atoms with Crippen molar-refractivity contribution < 1.29 is 13.2 Å². The average molecular weight is 246 g/mol. The maximum Gasteiger partial charge on any atom is 0.160 e. The van der Waals surface area contributed by atoms with Crippen molar-refractivity contribution in [2.75, 3.05) is 5.75 Å². The van der Waals surface area contributed by atoms with E-state index in [4.69, 9.17) is 0 Å². The van der Waals surface area contributed by atoms with Crippen LogP contribution >= 0.6 is 0 Å². The first-order valence-corrected chi connectivity index (χ1v) is 7.78. The van der Waals surface area contributed by atoms with Gasteiger partial charge in [-0.15, -0.1) is 0 Å². The van der Waals surface area contributed by atoms with E-state index >= 15 is 0 Å². The lowest BCUT2D eigenvalue weighted by Gasteiger charge is -2.26. The van der Waals surface area contributed by atoms with Crippen LogP contribution in [0.25, 0.3) is 0 Å². The van der Waals surface area contributed by atoms with Crippen LogP contribution in [-0.4, -0.2) is 25.2 Å². The molecule has 2 unspecified atom stereocenters. The fraction of sp³-hybridized carbons (Fsp3) is 0.917. The first-order valence-electron chi connectivity index (χ1n) is 6.07. The summed E-state index contributed by atoms with van der Waals surface area (Å²) in [4.78, 5) is 11.5. The fourth-order valence-corrected chi connectivity index (χ4v) is 4.30. The molecule has 0 heterocycles. The van der Waals surface area contributed by atoms with E-state index < -0.39 is 9.84 Å². The van der Waals surface area contributed by atoms with Gasteiger partial charge in [-0.3, -0.25) is 4.79 Å². The minimum absolute atomic E-state index is 0.154. The molecule has 4 heteroatoms. The number of rotatable bonds is 4.